The van der Waals surface area contributed by atoms with E-state index in [9.17, 15) is 14.4 Å². The van der Waals surface area contributed by atoms with E-state index in [1.807, 2.05) is 24.3 Å². The van der Waals surface area contributed by atoms with Gasteiger partial charge in [0.1, 0.15) is 12.1 Å². The molecule has 1 fully saturated rings. The molecule has 0 spiro atoms. The van der Waals surface area contributed by atoms with Gasteiger partial charge < -0.3 is 14.2 Å². The highest BCUT2D eigenvalue weighted by Gasteiger charge is 2.30. The van der Waals surface area contributed by atoms with Crippen LogP contribution < -0.4 is 5.56 Å². The largest absolute Gasteiger partial charge is 0.466 e. The number of amides is 1. The fourth-order valence-electron chi connectivity index (χ4n) is 4.10. The standard InChI is InChI=1S/C21H24N4O4/c1-3-29-21(28)14-7-6-10-24(12-14)18(26)13-25-17-9-5-4-8-15(17)16-11-22-23(2)20(27)19(16)25/h4-5,8-9,11,14H,3,6-7,10,12-13H2,1-2H3. The molecular formula is C21H24N4O4. The summed E-state index contributed by atoms with van der Waals surface area (Å²) in [4.78, 5) is 39.7. The van der Waals surface area contributed by atoms with Crippen molar-refractivity contribution in [3.8, 4) is 0 Å². The second-order valence-electron chi connectivity index (χ2n) is 7.37. The summed E-state index contributed by atoms with van der Waals surface area (Å²) in [5.74, 6) is -0.648. The number of nitrogens with zero attached hydrogens (tertiary/aromatic N) is 4. The molecule has 0 radical (unpaired) electrons. The van der Waals surface area contributed by atoms with Crippen molar-refractivity contribution in [1.82, 2.24) is 19.2 Å². The number of hydrogen-bond donors (Lipinski definition) is 0. The number of aryl methyl sites for hydroxylation is 1. The maximum Gasteiger partial charge on any atom is 0.310 e. The van der Waals surface area contributed by atoms with Crippen LogP contribution in [0.1, 0.15) is 19.8 Å². The molecule has 1 saturated heterocycles. The van der Waals surface area contributed by atoms with E-state index < -0.39 is 0 Å². The van der Waals surface area contributed by atoms with Crippen molar-refractivity contribution < 1.29 is 14.3 Å². The predicted octanol–water partition coefficient (Wildman–Crippen LogP) is 1.69. The summed E-state index contributed by atoms with van der Waals surface area (Å²) in [7, 11) is 1.60. The highest BCUT2D eigenvalue weighted by molar-refractivity contribution is 6.07. The Morgan fingerprint density at radius 2 is 2.03 bits per heavy atom. The molecule has 1 aromatic carbocycles. The quantitative estimate of drug-likeness (QED) is 0.627. The van der Waals surface area contributed by atoms with Gasteiger partial charge in [-0.25, -0.2) is 4.68 Å². The molecule has 0 saturated carbocycles. The van der Waals surface area contributed by atoms with Crippen LogP contribution in [0.4, 0.5) is 0 Å². The highest BCUT2D eigenvalue weighted by atomic mass is 16.5. The number of carbonyl (C=O) groups excluding carboxylic acids is 2. The van der Waals surface area contributed by atoms with Crippen LogP contribution in [0.2, 0.25) is 0 Å². The van der Waals surface area contributed by atoms with E-state index in [0.29, 0.717) is 25.2 Å². The molecule has 1 amide bonds. The molecule has 1 aliphatic rings. The van der Waals surface area contributed by atoms with Gasteiger partial charge in [-0.1, -0.05) is 18.2 Å². The zero-order valence-corrected chi connectivity index (χ0v) is 16.6. The van der Waals surface area contributed by atoms with Crippen molar-refractivity contribution in [3.63, 3.8) is 0 Å². The third-order valence-corrected chi connectivity index (χ3v) is 5.55. The number of aromatic nitrogens is 3. The van der Waals surface area contributed by atoms with Gasteiger partial charge in [-0.05, 0) is 25.8 Å². The number of esters is 1. The molecule has 8 nitrogen and oxygen atoms in total. The molecule has 2 aromatic heterocycles. The Labute approximate surface area is 167 Å². The minimum Gasteiger partial charge on any atom is -0.466 e. The molecule has 8 heteroatoms. The summed E-state index contributed by atoms with van der Waals surface area (Å²) in [6.07, 6.45) is 3.15. The molecular weight excluding hydrogens is 372 g/mol. The summed E-state index contributed by atoms with van der Waals surface area (Å²) in [5.41, 5.74) is 1.05. The first-order valence-electron chi connectivity index (χ1n) is 9.89. The predicted molar refractivity (Wildman–Crippen MR) is 108 cm³/mol. The van der Waals surface area contributed by atoms with Crippen LogP contribution in [0.3, 0.4) is 0 Å². The van der Waals surface area contributed by atoms with Gasteiger partial charge in [0.15, 0.2) is 0 Å². The average molecular weight is 396 g/mol. The molecule has 0 bridgehead atoms. The minimum absolute atomic E-state index is 0.0405. The Morgan fingerprint density at radius 1 is 1.24 bits per heavy atom. The van der Waals surface area contributed by atoms with E-state index in [1.54, 1.807) is 29.6 Å². The number of carbonyl (C=O) groups is 2. The third kappa shape index (κ3) is 3.39. The number of ether oxygens (including phenoxy) is 1. The molecule has 29 heavy (non-hydrogen) atoms. The second-order valence-corrected chi connectivity index (χ2v) is 7.37. The highest BCUT2D eigenvalue weighted by Crippen LogP contribution is 2.27. The first-order chi connectivity index (χ1) is 14.0. The third-order valence-electron chi connectivity index (χ3n) is 5.55. The van der Waals surface area contributed by atoms with Gasteiger partial charge >= 0.3 is 5.97 Å². The SMILES string of the molecule is CCOC(=O)C1CCCN(C(=O)Cn2c3ccccc3c3cnn(C)c(=O)c32)C1. The van der Waals surface area contributed by atoms with Gasteiger partial charge in [0.2, 0.25) is 5.91 Å². The fourth-order valence-corrected chi connectivity index (χ4v) is 4.10. The van der Waals surface area contributed by atoms with Crippen molar-refractivity contribution in [2.75, 3.05) is 19.7 Å². The van der Waals surface area contributed by atoms with E-state index in [-0.39, 0.29) is 29.9 Å². The number of hydrogen-bond acceptors (Lipinski definition) is 5. The van der Waals surface area contributed by atoms with Gasteiger partial charge in [-0.15, -0.1) is 0 Å². The number of para-hydroxylation sites is 1. The maximum atomic E-state index is 13.1. The van der Waals surface area contributed by atoms with E-state index in [2.05, 4.69) is 5.10 Å². The van der Waals surface area contributed by atoms with E-state index in [4.69, 9.17) is 4.74 Å². The maximum absolute atomic E-state index is 13.1. The lowest BCUT2D eigenvalue weighted by Crippen LogP contribution is -2.44. The number of rotatable bonds is 4. The van der Waals surface area contributed by atoms with E-state index in [0.717, 1.165) is 29.1 Å². The Hall–Kier alpha value is -3.16. The van der Waals surface area contributed by atoms with E-state index >= 15 is 0 Å². The molecule has 1 aliphatic heterocycles. The summed E-state index contributed by atoms with van der Waals surface area (Å²) in [6, 6.07) is 7.62. The lowest BCUT2D eigenvalue weighted by Gasteiger charge is -2.31. The van der Waals surface area contributed by atoms with Crippen LogP contribution in [0.5, 0.6) is 0 Å². The number of benzene rings is 1. The van der Waals surface area contributed by atoms with Crippen molar-refractivity contribution >= 4 is 33.7 Å². The van der Waals surface area contributed by atoms with E-state index in [1.165, 1.54) is 4.68 Å². The van der Waals surface area contributed by atoms with Gasteiger partial charge in [-0.2, -0.15) is 5.10 Å². The number of fused-ring (bicyclic) bond motifs is 3. The molecule has 3 aromatic rings. The van der Waals surface area contributed by atoms with Crippen LogP contribution in [0.15, 0.2) is 35.3 Å². The first kappa shape index (κ1) is 19.2. The molecule has 4 rings (SSSR count). The normalized spacial score (nSPS) is 17.0. The first-order valence-corrected chi connectivity index (χ1v) is 9.89. The Kier molecular flexibility index (Phi) is 5.08. The molecule has 1 atom stereocenters. The van der Waals surface area contributed by atoms with Crippen molar-refractivity contribution in [1.29, 1.82) is 0 Å². The minimum atomic E-state index is -0.289. The van der Waals surface area contributed by atoms with Crippen molar-refractivity contribution in [3.05, 3.63) is 40.8 Å². The summed E-state index contributed by atoms with van der Waals surface area (Å²) in [5, 5.41) is 5.76. The molecule has 0 N–H and O–H groups in total. The topological polar surface area (TPSA) is 86.4 Å². The zero-order valence-electron chi connectivity index (χ0n) is 16.6. The van der Waals surface area contributed by atoms with Crippen LogP contribution >= 0.6 is 0 Å². The van der Waals surface area contributed by atoms with Crippen LogP contribution in [-0.2, 0) is 27.9 Å². The summed E-state index contributed by atoms with van der Waals surface area (Å²) in [6.45, 7) is 3.11. The fraction of sp³-hybridized carbons (Fsp3) is 0.429. The van der Waals surface area contributed by atoms with Crippen LogP contribution in [-0.4, -0.2) is 50.8 Å². The Balaban J connectivity index is 1.68. The van der Waals surface area contributed by atoms with Crippen LogP contribution in [0.25, 0.3) is 21.8 Å². The second kappa shape index (κ2) is 7.69. The molecule has 1 unspecified atom stereocenters. The van der Waals surface area contributed by atoms with Gasteiger partial charge in [0, 0.05) is 36.4 Å². The lowest BCUT2D eigenvalue weighted by atomic mass is 9.98. The van der Waals surface area contributed by atoms with Crippen LogP contribution in [0, 0.1) is 5.92 Å². The monoisotopic (exact) mass is 396 g/mol. The number of piperidine rings is 1. The number of likely N-dealkylation sites (tertiary alicyclic amines) is 1. The average Bonchev–Trinajstić information content (AvgIpc) is 3.05. The Morgan fingerprint density at radius 3 is 2.83 bits per heavy atom. The lowest BCUT2D eigenvalue weighted by molar-refractivity contribution is -0.151. The van der Waals surface area contributed by atoms with Crippen molar-refractivity contribution in [2.24, 2.45) is 13.0 Å². The summed E-state index contributed by atoms with van der Waals surface area (Å²) >= 11 is 0. The summed E-state index contributed by atoms with van der Waals surface area (Å²) < 4.78 is 8.17. The molecule has 152 valence electrons. The zero-order chi connectivity index (χ0) is 20.5. The molecule has 0 aliphatic carbocycles. The van der Waals surface area contributed by atoms with Gasteiger partial charge in [0.25, 0.3) is 5.56 Å². The Bertz CT molecular complexity index is 1150. The van der Waals surface area contributed by atoms with Gasteiger partial charge in [0.05, 0.1) is 18.7 Å². The molecule has 3 heterocycles. The smallest absolute Gasteiger partial charge is 0.310 e. The van der Waals surface area contributed by atoms with Gasteiger partial charge in [-0.3, -0.25) is 14.4 Å². The van der Waals surface area contributed by atoms with Crippen molar-refractivity contribution in [2.45, 2.75) is 26.3 Å².